The van der Waals surface area contributed by atoms with E-state index < -0.39 is 9.84 Å². The van der Waals surface area contributed by atoms with Crippen molar-refractivity contribution in [3.8, 4) is 0 Å². The summed E-state index contributed by atoms with van der Waals surface area (Å²) in [6.45, 7) is 2.34. The standard InChI is InChI=1S/C30H26N2O3S/c1-23-16-18-26(19-17-23)36(34,35)29-21-31(28-15-9-8-14-27(28)29)22-30(33)32(25-12-6-3-7-13-25)20-24-10-4-2-5-11-24/h2-19,21H,20,22H2,1H3. The van der Waals surface area contributed by atoms with Gasteiger partial charge in [-0.1, -0.05) is 84.4 Å². The smallest absolute Gasteiger partial charge is 0.247 e. The van der Waals surface area contributed by atoms with Crippen LogP contribution in [0.15, 0.2) is 125 Å². The highest BCUT2D eigenvalue weighted by atomic mass is 32.2. The number of amides is 1. The summed E-state index contributed by atoms with van der Waals surface area (Å²) >= 11 is 0. The van der Waals surface area contributed by atoms with Gasteiger partial charge in [0, 0.05) is 22.8 Å². The minimum Gasteiger partial charge on any atom is -0.337 e. The molecule has 1 heterocycles. The van der Waals surface area contributed by atoms with Crippen LogP contribution in [0, 0.1) is 6.92 Å². The number of hydrogen-bond acceptors (Lipinski definition) is 3. The van der Waals surface area contributed by atoms with Crippen LogP contribution in [0.4, 0.5) is 5.69 Å². The number of rotatable bonds is 7. The van der Waals surface area contributed by atoms with Gasteiger partial charge in [0.05, 0.1) is 16.3 Å². The van der Waals surface area contributed by atoms with Gasteiger partial charge in [-0.2, -0.15) is 0 Å². The maximum absolute atomic E-state index is 13.7. The van der Waals surface area contributed by atoms with Gasteiger partial charge in [-0.15, -0.1) is 0 Å². The van der Waals surface area contributed by atoms with E-state index in [9.17, 15) is 13.2 Å². The van der Waals surface area contributed by atoms with Crippen LogP contribution < -0.4 is 4.90 Å². The second-order valence-corrected chi connectivity index (χ2v) is 10.7. The van der Waals surface area contributed by atoms with Crippen LogP contribution >= 0.6 is 0 Å². The summed E-state index contributed by atoms with van der Waals surface area (Å²) in [7, 11) is -3.76. The van der Waals surface area contributed by atoms with Gasteiger partial charge in [0.15, 0.2) is 0 Å². The molecular weight excluding hydrogens is 468 g/mol. The second-order valence-electron chi connectivity index (χ2n) is 8.76. The van der Waals surface area contributed by atoms with Crippen LogP contribution in [0.5, 0.6) is 0 Å². The largest absolute Gasteiger partial charge is 0.337 e. The Labute approximate surface area is 211 Å². The number of para-hydroxylation sites is 2. The third-order valence-corrected chi connectivity index (χ3v) is 8.03. The molecule has 0 N–H and O–H groups in total. The summed E-state index contributed by atoms with van der Waals surface area (Å²) in [4.78, 5) is 15.8. The molecule has 0 aliphatic heterocycles. The molecule has 0 bridgehead atoms. The number of nitrogens with zero attached hydrogens (tertiary/aromatic N) is 2. The van der Waals surface area contributed by atoms with E-state index in [0.29, 0.717) is 17.4 Å². The predicted molar refractivity (Wildman–Crippen MR) is 143 cm³/mol. The molecule has 0 spiro atoms. The minimum absolute atomic E-state index is 0.00561. The Balaban J connectivity index is 1.53. The van der Waals surface area contributed by atoms with Crippen LogP contribution in [-0.2, 0) is 27.7 Å². The summed E-state index contributed by atoms with van der Waals surface area (Å²) in [5.41, 5.74) is 3.48. The molecule has 0 aliphatic rings. The molecule has 0 unspecified atom stereocenters. The van der Waals surface area contributed by atoms with Gasteiger partial charge in [0.25, 0.3) is 0 Å². The van der Waals surface area contributed by atoms with Crippen molar-refractivity contribution in [1.29, 1.82) is 0 Å². The zero-order valence-corrected chi connectivity index (χ0v) is 20.7. The van der Waals surface area contributed by atoms with E-state index in [2.05, 4.69) is 0 Å². The first kappa shape index (κ1) is 23.6. The SMILES string of the molecule is Cc1ccc(S(=O)(=O)c2cn(CC(=O)N(Cc3ccccc3)c3ccccc3)c3ccccc23)cc1. The Morgan fingerprint density at radius 3 is 2.08 bits per heavy atom. The van der Waals surface area contributed by atoms with Gasteiger partial charge in [0.2, 0.25) is 15.7 Å². The molecule has 4 aromatic carbocycles. The Morgan fingerprint density at radius 1 is 0.778 bits per heavy atom. The lowest BCUT2D eigenvalue weighted by atomic mass is 10.2. The molecule has 1 aromatic heterocycles. The molecule has 6 heteroatoms. The van der Waals surface area contributed by atoms with E-state index >= 15 is 0 Å². The third-order valence-electron chi connectivity index (χ3n) is 6.23. The summed E-state index contributed by atoms with van der Waals surface area (Å²) in [5, 5.41) is 0.597. The second kappa shape index (κ2) is 9.84. The lowest BCUT2D eigenvalue weighted by Gasteiger charge is -2.23. The summed E-state index contributed by atoms with van der Waals surface area (Å²) in [6, 6.07) is 33.5. The molecular formula is C30H26N2O3S. The lowest BCUT2D eigenvalue weighted by molar-refractivity contribution is -0.119. The van der Waals surface area contributed by atoms with Gasteiger partial charge < -0.3 is 9.47 Å². The number of fused-ring (bicyclic) bond motifs is 1. The number of benzene rings is 4. The average Bonchev–Trinajstić information content (AvgIpc) is 3.28. The quantitative estimate of drug-likeness (QED) is 0.278. The zero-order chi connectivity index (χ0) is 25.1. The molecule has 1 amide bonds. The lowest BCUT2D eigenvalue weighted by Crippen LogP contribution is -2.33. The van der Waals surface area contributed by atoms with Crippen LogP contribution in [0.1, 0.15) is 11.1 Å². The van der Waals surface area contributed by atoms with E-state index in [4.69, 9.17) is 0 Å². The van der Waals surface area contributed by atoms with Gasteiger partial charge in [-0.05, 0) is 42.8 Å². The van der Waals surface area contributed by atoms with E-state index in [1.807, 2.05) is 85.8 Å². The Kier molecular flexibility index (Phi) is 6.44. The monoisotopic (exact) mass is 494 g/mol. The number of hydrogen-bond donors (Lipinski definition) is 0. The molecule has 5 rings (SSSR count). The molecule has 180 valence electrons. The summed E-state index contributed by atoms with van der Waals surface area (Å²) < 4.78 is 28.8. The highest BCUT2D eigenvalue weighted by Crippen LogP contribution is 2.31. The normalized spacial score (nSPS) is 11.5. The first-order valence-corrected chi connectivity index (χ1v) is 13.2. The summed E-state index contributed by atoms with van der Waals surface area (Å²) in [6.07, 6.45) is 1.59. The highest BCUT2D eigenvalue weighted by Gasteiger charge is 2.25. The van der Waals surface area contributed by atoms with Crippen molar-refractivity contribution >= 4 is 32.3 Å². The first-order chi connectivity index (χ1) is 17.4. The molecule has 0 saturated carbocycles. The molecule has 0 radical (unpaired) electrons. The fraction of sp³-hybridized carbons (Fsp3) is 0.100. The molecule has 0 fully saturated rings. The molecule has 5 nitrogen and oxygen atoms in total. The predicted octanol–water partition coefficient (Wildman–Crippen LogP) is 6.02. The van der Waals surface area contributed by atoms with Crippen LogP contribution in [-0.4, -0.2) is 18.9 Å². The number of anilines is 1. The maximum Gasteiger partial charge on any atom is 0.247 e. The van der Waals surface area contributed by atoms with Crippen molar-refractivity contribution < 1.29 is 13.2 Å². The number of sulfone groups is 1. The van der Waals surface area contributed by atoms with Crippen LogP contribution in [0.3, 0.4) is 0 Å². The van der Waals surface area contributed by atoms with Crippen molar-refractivity contribution in [1.82, 2.24) is 4.57 Å². The van der Waals surface area contributed by atoms with Gasteiger partial charge in [-0.3, -0.25) is 4.79 Å². The van der Waals surface area contributed by atoms with Crippen molar-refractivity contribution in [2.45, 2.75) is 29.8 Å². The van der Waals surface area contributed by atoms with Crippen molar-refractivity contribution in [3.05, 3.63) is 127 Å². The topological polar surface area (TPSA) is 59.4 Å². The summed E-state index contributed by atoms with van der Waals surface area (Å²) in [5.74, 6) is -0.134. The average molecular weight is 495 g/mol. The first-order valence-electron chi connectivity index (χ1n) is 11.7. The highest BCUT2D eigenvalue weighted by molar-refractivity contribution is 7.91. The Morgan fingerprint density at radius 2 is 1.39 bits per heavy atom. The Bertz CT molecular complexity index is 1610. The van der Waals surface area contributed by atoms with Crippen molar-refractivity contribution in [3.63, 3.8) is 0 Å². The zero-order valence-electron chi connectivity index (χ0n) is 19.9. The number of aromatic nitrogens is 1. The van der Waals surface area contributed by atoms with E-state index in [1.165, 1.54) is 0 Å². The fourth-order valence-corrected chi connectivity index (χ4v) is 5.81. The van der Waals surface area contributed by atoms with Gasteiger partial charge >= 0.3 is 0 Å². The fourth-order valence-electron chi connectivity index (χ4n) is 4.33. The van der Waals surface area contributed by atoms with Gasteiger partial charge in [0.1, 0.15) is 6.54 Å². The Hall–Kier alpha value is -4.16. The van der Waals surface area contributed by atoms with Crippen LogP contribution in [0.2, 0.25) is 0 Å². The van der Waals surface area contributed by atoms with Crippen molar-refractivity contribution in [2.75, 3.05) is 4.90 Å². The van der Waals surface area contributed by atoms with E-state index in [0.717, 1.165) is 16.8 Å². The number of carbonyl (C=O) groups is 1. The van der Waals surface area contributed by atoms with Crippen molar-refractivity contribution in [2.24, 2.45) is 0 Å². The molecule has 0 saturated heterocycles. The maximum atomic E-state index is 13.7. The third kappa shape index (κ3) is 4.68. The van der Waals surface area contributed by atoms with E-state index in [1.54, 1.807) is 46.0 Å². The van der Waals surface area contributed by atoms with E-state index in [-0.39, 0.29) is 22.2 Å². The number of carbonyl (C=O) groups excluding carboxylic acids is 1. The minimum atomic E-state index is -3.76. The molecule has 36 heavy (non-hydrogen) atoms. The molecule has 0 aliphatic carbocycles. The number of aryl methyl sites for hydroxylation is 1. The van der Waals surface area contributed by atoms with Gasteiger partial charge in [-0.25, -0.2) is 8.42 Å². The van der Waals surface area contributed by atoms with Crippen LogP contribution in [0.25, 0.3) is 10.9 Å². The molecule has 0 atom stereocenters. The molecule has 5 aromatic rings.